The first kappa shape index (κ1) is 11.8. The number of aromatic amines is 1. The topological polar surface area (TPSA) is 54.9 Å². The zero-order chi connectivity index (χ0) is 11.8. The molecule has 0 aliphatic rings. The Morgan fingerprint density at radius 1 is 1.47 bits per heavy atom. The van der Waals surface area contributed by atoms with E-state index in [1.807, 2.05) is 0 Å². The van der Waals surface area contributed by atoms with Crippen molar-refractivity contribution < 1.29 is 13.2 Å². The van der Waals surface area contributed by atoms with Crippen molar-refractivity contribution in [2.75, 3.05) is 0 Å². The van der Waals surface area contributed by atoms with Crippen LogP contribution in [0.5, 0.6) is 0 Å². The van der Waals surface area contributed by atoms with Crippen molar-refractivity contribution in [3.63, 3.8) is 0 Å². The normalized spacial score (nSPS) is 11.8. The fraction of sp³-hybridized carbons (Fsp3) is 0.429. The second-order valence-corrected chi connectivity index (χ2v) is 3.40. The summed E-state index contributed by atoms with van der Waals surface area (Å²) in [5.74, 6) is -4.75. The number of nitrogens with zero attached hydrogens (tertiary/aromatic N) is 1. The van der Waals surface area contributed by atoms with E-state index >= 15 is 0 Å². The Hall–Kier alpha value is -1.24. The number of hydrogen-bond acceptors (Lipinski definition) is 2. The lowest BCUT2D eigenvalue weighted by molar-refractivity contribution is 0.00142. The molecule has 0 bridgehead atoms. The van der Waals surface area contributed by atoms with E-state index in [9.17, 15) is 22.8 Å². The SMILES string of the molecule is CC(F)(F)Cn1c(=O)[nH]c(Cl)c(F)c1=O. The van der Waals surface area contributed by atoms with Crippen molar-refractivity contribution in [2.45, 2.75) is 19.4 Å². The summed E-state index contributed by atoms with van der Waals surface area (Å²) in [6.45, 7) is -0.694. The summed E-state index contributed by atoms with van der Waals surface area (Å²) < 4.78 is 38.0. The van der Waals surface area contributed by atoms with Crippen LogP contribution in [-0.2, 0) is 6.54 Å². The van der Waals surface area contributed by atoms with Gasteiger partial charge in [0.05, 0.1) is 6.54 Å². The molecular weight excluding hydrogens is 237 g/mol. The molecule has 0 amide bonds. The maximum Gasteiger partial charge on any atom is 0.329 e. The minimum Gasteiger partial charge on any atom is -0.295 e. The number of aromatic nitrogens is 2. The average Bonchev–Trinajstić information content (AvgIpc) is 2.07. The summed E-state index contributed by atoms with van der Waals surface area (Å²) in [5.41, 5.74) is -2.64. The first-order chi connectivity index (χ1) is 6.72. The number of halogens is 4. The number of rotatable bonds is 2. The van der Waals surface area contributed by atoms with Gasteiger partial charge in [-0.15, -0.1) is 0 Å². The number of H-pyrrole nitrogens is 1. The van der Waals surface area contributed by atoms with Gasteiger partial charge in [-0.05, 0) is 0 Å². The van der Waals surface area contributed by atoms with Crippen LogP contribution >= 0.6 is 11.6 Å². The molecule has 1 rings (SSSR count). The van der Waals surface area contributed by atoms with Gasteiger partial charge in [-0.2, -0.15) is 4.39 Å². The molecule has 15 heavy (non-hydrogen) atoms. The Bertz CT molecular complexity index is 488. The molecule has 0 saturated heterocycles. The van der Waals surface area contributed by atoms with Crippen LogP contribution < -0.4 is 11.2 Å². The van der Waals surface area contributed by atoms with Gasteiger partial charge in [0.1, 0.15) is 0 Å². The van der Waals surface area contributed by atoms with Gasteiger partial charge in [0.15, 0.2) is 5.15 Å². The van der Waals surface area contributed by atoms with Gasteiger partial charge in [-0.25, -0.2) is 13.6 Å². The molecule has 1 heterocycles. The van der Waals surface area contributed by atoms with E-state index in [4.69, 9.17) is 11.6 Å². The highest BCUT2D eigenvalue weighted by atomic mass is 35.5. The van der Waals surface area contributed by atoms with E-state index in [0.717, 1.165) is 0 Å². The van der Waals surface area contributed by atoms with E-state index in [1.165, 1.54) is 0 Å². The van der Waals surface area contributed by atoms with Gasteiger partial charge in [0, 0.05) is 6.92 Å². The molecular formula is C7H6ClF3N2O2. The molecule has 1 aromatic rings. The zero-order valence-electron chi connectivity index (χ0n) is 7.48. The minimum absolute atomic E-state index is 0.0568. The van der Waals surface area contributed by atoms with Crippen LogP contribution in [0.25, 0.3) is 0 Å². The monoisotopic (exact) mass is 242 g/mol. The molecule has 0 aromatic carbocycles. The van der Waals surface area contributed by atoms with E-state index in [1.54, 1.807) is 4.98 Å². The molecule has 84 valence electrons. The van der Waals surface area contributed by atoms with Crippen LogP contribution in [-0.4, -0.2) is 15.5 Å². The molecule has 8 heteroatoms. The van der Waals surface area contributed by atoms with Crippen molar-refractivity contribution in [1.82, 2.24) is 9.55 Å². The standard InChI is InChI=1S/C7H6ClF3N2O2/c1-7(10,11)2-13-5(14)3(9)4(8)12-6(13)15/h2H2,1H3,(H,12,15). The third-order valence-electron chi connectivity index (χ3n) is 1.52. The minimum atomic E-state index is -3.29. The molecule has 0 spiro atoms. The van der Waals surface area contributed by atoms with Gasteiger partial charge in [0.25, 0.3) is 11.5 Å². The highest BCUT2D eigenvalue weighted by molar-refractivity contribution is 6.29. The predicted octanol–water partition coefficient (Wildman–Crippen LogP) is 0.984. The van der Waals surface area contributed by atoms with Crippen LogP contribution in [0.3, 0.4) is 0 Å². The van der Waals surface area contributed by atoms with Crippen molar-refractivity contribution >= 4 is 11.6 Å². The highest BCUT2D eigenvalue weighted by Gasteiger charge is 2.25. The van der Waals surface area contributed by atoms with Crippen LogP contribution in [0, 0.1) is 5.82 Å². The smallest absolute Gasteiger partial charge is 0.295 e. The molecule has 0 atom stereocenters. The Morgan fingerprint density at radius 3 is 2.47 bits per heavy atom. The fourth-order valence-electron chi connectivity index (χ4n) is 0.942. The number of alkyl halides is 2. The summed E-state index contributed by atoms with van der Waals surface area (Å²) >= 11 is 5.13. The van der Waals surface area contributed by atoms with E-state index in [2.05, 4.69) is 0 Å². The van der Waals surface area contributed by atoms with Gasteiger partial charge in [0.2, 0.25) is 5.82 Å². The Labute approximate surface area is 86.3 Å². The second-order valence-electron chi connectivity index (χ2n) is 3.02. The fourth-order valence-corrected chi connectivity index (χ4v) is 1.10. The van der Waals surface area contributed by atoms with Crippen molar-refractivity contribution in [1.29, 1.82) is 0 Å². The highest BCUT2D eigenvalue weighted by Crippen LogP contribution is 2.12. The van der Waals surface area contributed by atoms with E-state index in [0.29, 0.717) is 6.92 Å². The van der Waals surface area contributed by atoms with Crippen LogP contribution in [0.2, 0.25) is 5.15 Å². The second kappa shape index (κ2) is 3.73. The maximum absolute atomic E-state index is 12.9. The first-order valence-electron chi connectivity index (χ1n) is 3.78. The third-order valence-corrected chi connectivity index (χ3v) is 1.78. The Kier molecular flexibility index (Phi) is 2.94. The van der Waals surface area contributed by atoms with Gasteiger partial charge in [-0.1, -0.05) is 11.6 Å². The molecule has 4 nitrogen and oxygen atoms in total. The van der Waals surface area contributed by atoms with Gasteiger partial charge in [-0.3, -0.25) is 14.3 Å². The Morgan fingerprint density at radius 2 is 2.00 bits per heavy atom. The Balaban J connectivity index is 3.38. The molecule has 1 N–H and O–H groups in total. The third kappa shape index (κ3) is 2.62. The summed E-state index contributed by atoms with van der Waals surface area (Å²) in [6, 6.07) is 0. The predicted molar refractivity (Wildman–Crippen MR) is 46.9 cm³/mol. The lowest BCUT2D eigenvalue weighted by atomic mass is 10.4. The molecule has 0 fully saturated rings. The molecule has 0 radical (unpaired) electrons. The van der Waals surface area contributed by atoms with Gasteiger partial charge >= 0.3 is 5.69 Å². The molecule has 1 aromatic heterocycles. The molecule has 0 unspecified atom stereocenters. The lowest BCUT2D eigenvalue weighted by Crippen LogP contribution is -2.41. The molecule has 0 aliphatic heterocycles. The van der Waals surface area contributed by atoms with Crippen LogP contribution in [0.1, 0.15) is 6.92 Å². The van der Waals surface area contributed by atoms with Crippen LogP contribution in [0.4, 0.5) is 13.2 Å². The number of hydrogen-bond donors (Lipinski definition) is 1. The zero-order valence-corrected chi connectivity index (χ0v) is 8.24. The average molecular weight is 243 g/mol. The molecule has 0 saturated carbocycles. The number of nitrogens with one attached hydrogen (secondary N) is 1. The van der Waals surface area contributed by atoms with E-state index < -0.39 is 34.7 Å². The van der Waals surface area contributed by atoms with E-state index in [-0.39, 0.29) is 4.57 Å². The van der Waals surface area contributed by atoms with Crippen molar-refractivity contribution in [3.8, 4) is 0 Å². The summed E-state index contributed by atoms with van der Waals surface area (Å²) in [4.78, 5) is 23.8. The molecule has 0 aliphatic carbocycles. The van der Waals surface area contributed by atoms with Gasteiger partial charge < -0.3 is 0 Å². The summed E-state index contributed by atoms with van der Waals surface area (Å²) in [6.07, 6.45) is 0. The van der Waals surface area contributed by atoms with Crippen molar-refractivity contribution in [2.24, 2.45) is 0 Å². The quantitative estimate of drug-likeness (QED) is 0.786. The van der Waals surface area contributed by atoms with Crippen molar-refractivity contribution in [3.05, 3.63) is 31.8 Å². The van der Waals surface area contributed by atoms with Crippen LogP contribution in [0.15, 0.2) is 9.59 Å². The summed E-state index contributed by atoms with van der Waals surface area (Å²) in [7, 11) is 0. The largest absolute Gasteiger partial charge is 0.329 e. The maximum atomic E-state index is 12.9. The lowest BCUT2D eigenvalue weighted by Gasteiger charge is -2.11. The summed E-state index contributed by atoms with van der Waals surface area (Å²) in [5, 5.41) is -0.791. The first-order valence-corrected chi connectivity index (χ1v) is 4.16.